The van der Waals surface area contributed by atoms with Gasteiger partial charge in [0, 0.05) is 42.0 Å². The van der Waals surface area contributed by atoms with Gasteiger partial charge < -0.3 is 14.6 Å². The molecule has 1 amide bonds. The van der Waals surface area contributed by atoms with Crippen LogP contribution in [0.1, 0.15) is 11.5 Å². The highest BCUT2D eigenvalue weighted by Gasteiger charge is 2.20. The molecule has 0 bridgehead atoms. The van der Waals surface area contributed by atoms with Crippen molar-refractivity contribution in [1.29, 1.82) is 0 Å². The first-order valence-electron chi connectivity index (χ1n) is 9.50. The van der Waals surface area contributed by atoms with Crippen LogP contribution in [0.15, 0.2) is 45.1 Å². The Kier molecular flexibility index (Phi) is 6.54. The molecule has 0 aliphatic carbocycles. The molecule has 1 saturated heterocycles. The summed E-state index contributed by atoms with van der Waals surface area (Å²) in [7, 11) is 0. The van der Waals surface area contributed by atoms with Gasteiger partial charge in [-0.3, -0.25) is 19.1 Å². The number of rotatable bonds is 6. The molecule has 1 aromatic carbocycles. The largest absolute Gasteiger partial charge is 0.378 e. The number of thioether (sulfide) groups is 1. The molecule has 0 radical (unpaired) electrons. The van der Waals surface area contributed by atoms with Gasteiger partial charge in [-0.2, -0.15) is 0 Å². The van der Waals surface area contributed by atoms with E-state index in [2.05, 4.69) is 20.2 Å². The third-order valence-electron chi connectivity index (χ3n) is 4.64. The molecule has 0 unspecified atom stereocenters. The van der Waals surface area contributed by atoms with E-state index >= 15 is 0 Å². The van der Waals surface area contributed by atoms with Gasteiger partial charge >= 0.3 is 5.69 Å². The number of morpholine rings is 1. The van der Waals surface area contributed by atoms with Gasteiger partial charge in [-0.05, 0) is 24.3 Å². The van der Waals surface area contributed by atoms with Crippen LogP contribution in [-0.4, -0.2) is 67.6 Å². The minimum atomic E-state index is -0.592. The van der Waals surface area contributed by atoms with Crippen LogP contribution in [0.5, 0.6) is 0 Å². The Morgan fingerprint density at radius 3 is 2.58 bits per heavy atom. The molecule has 3 aromatic rings. The molecule has 12 heteroatoms. The number of amides is 1. The lowest BCUT2D eigenvalue weighted by molar-refractivity contribution is -0.132. The Morgan fingerprint density at radius 1 is 1.13 bits per heavy atom. The molecule has 1 fully saturated rings. The average Bonchev–Trinajstić information content (AvgIpc) is 3.14. The number of aromatic amines is 2. The number of halogens is 1. The van der Waals surface area contributed by atoms with E-state index in [1.807, 2.05) is 12.1 Å². The quantitative estimate of drug-likeness (QED) is 0.520. The molecule has 1 aliphatic rings. The Balaban J connectivity index is 1.61. The van der Waals surface area contributed by atoms with Gasteiger partial charge in [0.1, 0.15) is 5.82 Å². The van der Waals surface area contributed by atoms with Crippen molar-refractivity contribution in [2.45, 2.75) is 11.6 Å². The van der Waals surface area contributed by atoms with Crippen molar-refractivity contribution < 1.29 is 9.53 Å². The third-order valence-corrected chi connectivity index (χ3v) is 5.80. The molecular weight excluding hydrogens is 444 g/mol. The molecular formula is C19H19ClN6O4S. The van der Waals surface area contributed by atoms with Crippen LogP contribution in [0.4, 0.5) is 0 Å². The lowest BCUT2D eigenvalue weighted by atomic mass is 10.2. The number of ether oxygens (including phenoxy) is 1. The molecule has 2 N–H and O–H groups in total. The first-order chi connectivity index (χ1) is 15.0. The highest BCUT2D eigenvalue weighted by molar-refractivity contribution is 7.99. The monoisotopic (exact) mass is 462 g/mol. The maximum atomic E-state index is 12.5. The number of benzene rings is 1. The first kappa shape index (κ1) is 21.3. The van der Waals surface area contributed by atoms with Crippen LogP contribution in [-0.2, 0) is 16.0 Å². The fourth-order valence-corrected chi connectivity index (χ4v) is 4.17. The van der Waals surface area contributed by atoms with E-state index in [-0.39, 0.29) is 18.1 Å². The van der Waals surface area contributed by atoms with Gasteiger partial charge in [-0.1, -0.05) is 23.4 Å². The molecule has 0 spiro atoms. The van der Waals surface area contributed by atoms with E-state index in [1.165, 1.54) is 17.8 Å². The summed E-state index contributed by atoms with van der Waals surface area (Å²) in [5, 5.41) is 9.58. The molecule has 10 nitrogen and oxygen atoms in total. The summed E-state index contributed by atoms with van der Waals surface area (Å²) in [6.07, 6.45) is 0.173. The predicted molar refractivity (Wildman–Crippen MR) is 115 cm³/mol. The molecule has 0 saturated carbocycles. The number of nitrogens with zero attached hydrogens (tertiary/aromatic N) is 4. The fraction of sp³-hybridized carbons (Fsp3) is 0.316. The zero-order valence-electron chi connectivity index (χ0n) is 16.3. The first-order valence-corrected chi connectivity index (χ1v) is 10.9. The van der Waals surface area contributed by atoms with E-state index < -0.39 is 11.2 Å². The van der Waals surface area contributed by atoms with E-state index in [0.29, 0.717) is 48.0 Å². The van der Waals surface area contributed by atoms with E-state index in [4.69, 9.17) is 16.3 Å². The Labute approximate surface area is 185 Å². The number of H-pyrrole nitrogens is 2. The van der Waals surface area contributed by atoms with E-state index in [9.17, 15) is 14.4 Å². The number of hydrogen-bond acceptors (Lipinski definition) is 7. The van der Waals surface area contributed by atoms with Gasteiger partial charge in [0.15, 0.2) is 5.16 Å². The minimum Gasteiger partial charge on any atom is -0.378 e. The van der Waals surface area contributed by atoms with Crippen LogP contribution in [0, 0.1) is 0 Å². The van der Waals surface area contributed by atoms with Crippen molar-refractivity contribution in [1.82, 2.24) is 29.6 Å². The minimum absolute atomic E-state index is 0.000528. The third kappa shape index (κ3) is 5.24. The van der Waals surface area contributed by atoms with Crippen LogP contribution < -0.4 is 11.2 Å². The molecule has 1 aliphatic heterocycles. The number of nitrogens with one attached hydrogen (secondary N) is 2. The molecule has 2 aromatic heterocycles. The maximum Gasteiger partial charge on any atom is 0.325 e. The fourth-order valence-electron chi connectivity index (χ4n) is 3.17. The van der Waals surface area contributed by atoms with Gasteiger partial charge in [-0.25, -0.2) is 4.79 Å². The summed E-state index contributed by atoms with van der Waals surface area (Å²) < 4.78 is 7.07. The van der Waals surface area contributed by atoms with Crippen molar-refractivity contribution in [3.05, 3.63) is 67.7 Å². The lowest BCUT2D eigenvalue weighted by Gasteiger charge is -2.26. The summed E-state index contributed by atoms with van der Waals surface area (Å²) in [5.41, 5.74) is 0.0583. The number of carbonyl (C=O) groups excluding carboxylic acids is 1. The highest BCUT2D eigenvalue weighted by Crippen LogP contribution is 2.24. The van der Waals surface area contributed by atoms with Crippen LogP contribution in [0.25, 0.3) is 5.69 Å². The van der Waals surface area contributed by atoms with Crippen molar-refractivity contribution in [2.24, 2.45) is 0 Å². The average molecular weight is 463 g/mol. The number of hydrogen-bond donors (Lipinski definition) is 2. The zero-order chi connectivity index (χ0) is 21.8. The van der Waals surface area contributed by atoms with Gasteiger partial charge in [0.25, 0.3) is 5.56 Å². The van der Waals surface area contributed by atoms with Crippen LogP contribution >= 0.6 is 23.4 Å². The summed E-state index contributed by atoms with van der Waals surface area (Å²) in [6.45, 7) is 2.22. The molecule has 3 heterocycles. The number of carbonyl (C=O) groups is 1. The van der Waals surface area contributed by atoms with Gasteiger partial charge in [-0.15, -0.1) is 10.2 Å². The molecule has 162 valence electrons. The van der Waals surface area contributed by atoms with Gasteiger partial charge in [0.2, 0.25) is 5.91 Å². The van der Waals surface area contributed by atoms with Crippen molar-refractivity contribution in [2.75, 3.05) is 32.1 Å². The zero-order valence-corrected chi connectivity index (χ0v) is 17.9. The second-order valence-electron chi connectivity index (χ2n) is 6.78. The highest BCUT2D eigenvalue weighted by atomic mass is 35.5. The topological polar surface area (TPSA) is 126 Å². The number of aromatic nitrogens is 5. The van der Waals surface area contributed by atoms with Crippen LogP contribution in [0.2, 0.25) is 5.02 Å². The summed E-state index contributed by atoms with van der Waals surface area (Å²) in [4.78, 5) is 42.3. The maximum absolute atomic E-state index is 12.5. The normalized spacial score (nSPS) is 14.0. The van der Waals surface area contributed by atoms with Crippen molar-refractivity contribution >= 4 is 29.3 Å². The molecule has 0 atom stereocenters. The molecule has 4 rings (SSSR count). The van der Waals surface area contributed by atoms with E-state index in [0.717, 1.165) is 5.69 Å². The summed E-state index contributed by atoms with van der Waals surface area (Å²) in [6, 6.07) is 8.40. The summed E-state index contributed by atoms with van der Waals surface area (Å²) in [5.74, 6) is 0.706. The Morgan fingerprint density at radius 2 is 1.87 bits per heavy atom. The Hall–Kier alpha value is -2.89. The van der Waals surface area contributed by atoms with Crippen molar-refractivity contribution in [3.63, 3.8) is 0 Å². The molecule has 31 heavy (non-hydrogen) atoms. The smallest absolute Gasteiger partial charge is 0.325 e. The van der Waals surface area contributed by atoms with E-state index in [1.54, 1.807) is 21.6 Å². The van der Waals surface area contributed by atoms with Crippen molar-refractivity contribution in [3.8, 4) is 5.69 Å². The summed E-state index contributed by atoms with van der Waals surface area (Å²) >= 11 is 7.29. The van der Waals surface area contributed by atoms with Crippen LogP contribution in [0.3, 0.4) is 0 Å². The second-order valence-corrected chi connectivity index (χ2v) is 8.16. The standard InChI is InChI=1S/C19H19ClN6O4S/c20-12-1-3-14(4-2-12)26-15(9-13-10-16(27)22-18(29)21-13)23-24-19(26)31-11-17(28)25-5-7-30-8-6-25/h1-4,10H,5-9,11H2,(H2,21,22,27,29). The second kappa shape index (κ2) is 9.50. The predicted octanol–water partition coefficient (Wildman–Crippen LogP) is 0.839. The van der Waals surface area contributed by atoms with Gasteiger partial charge in [0.05, 0.1) is 19.0 Å². The Bertz CT molecular complexity index is 1150. The SMILES string of the molecule is O=C(CSc1nnc(Cc2cc(=O)[nH]c(=O)[nH]2)n1-c1ccc(Cl)cc1)N1CCOCC1. The lowest BCUT2D eigenvalue weighted by Crippen LogP contribution is -2.41.